The number of para-hydroxylation sites is 1. The first-order chi connectivity index (χ1) is 27.0. The van der Waals surface area contributed by atoms with Crippen molar-refractivity contribution >= 4 is 54.9 Å². The van der Waals surface area contributed by atoms with Crippen LogP contribution in [-0.2, 0) is 5.41 Å². The summed E-state index contributed by atoms with van der Waals surface area (Å²) in [5.74, 6) is 0. The largest absolute Gasteiger partial charge is 0.455 e. The molecule has 1 aromatic heterocycles. The monoisotopic (exact) mass is 705 g/mol. The molecule has 0 saturated heterocycles. The van der Waals surface area contributed by atoms with E-state index in [-0.39, 0.29) is 5.41 Å². The molecule has 55 heavy (non-hydrogen) atoms. The minimum atomic E-state index is -0.0240. The number of nitrogens with one attached hydrogen (secondary N) is 1. The van der Waals surface area contributed by atoms with Crippen LogP contribution < -0.4 is 5.32 Å². The van der Waals surface area contributed by atoms with E-state index < -0.39 is 0 Å². The molecule has 1 aliphatic carbocycles. The fourth-order valence-electron chi connectivity index (χ4n) is 8.53. The summed E-state index contributed by atoms with van der Waals surface area (Å²) in [5, 5.41) is 10.9. The number of benzene rings is 9. The molecule has 0 spiro atoms. The second-order valence-corrected chi connectivity index (χ2v) is 15.0. The van der Waals surface area contributed by atoms with Crippen molar-refractivity contribution in [3.05, 3.63) is 205 Å². The molecule has 0 aliphatic heterocycles. The molecule has 9 aromatic carbocycles. The molecule has 0 bridgehead atoms. The predicted octanol–water partition coefficient (Wildman–Crippen LogP) is 15.0. The summed E-state index contributed by atoms with van der Waals surface area (Å²) in [6.07, 6.45) is 0. The summed E-state index contributed by atoms with van der Waals surface area (Å²) < 4.78 is 6.45. The van der Waals surface area contributed by atoms with Gasteiger partial charge in [0.15, 0.2) is 0 Å². The van der Waals surface area contributed by atoms with Crippen LogP contribution in [0.25, 0.3) is 76.9 Å². The van der Waals surface area contributed by atoms with Crippen molar-refractivity contribution in [1.29, 1.82) is 0 Å². The molecule has 1 N–H and O–H groups in total. The first kappa shape index (κ1) is 32.7. The highest BCUT2D eigenvalue weighted by Gasteiger charge is 2.35. The van der Waals surface area contributed by atoms with Gasteiger partial charge in [-0.25, -0.2) is 0 Å². The number of rotatable bonds is 4. The average Bonchev–Trinajstić information content (AvgIpc) is 3.75. The van der Waals surface area contributed by atoms with Crippen LogP contribution in [0.15, 0.2) is 199 Å². The minimum absolute atomic E-state index is 0.0240. The Kier molecular flexibility index (Phi) is 7.85. The quantitative estimate of drug-likeness (QED) is 0.197. The van der Waals surface area contributed by atoms with Gasteiger partial charge in [-0.1, -0.05) is 166 Å². The number of hydrogen-bond acceptors (Lipinski definition) is 2. The van der Waals surface area contributed by atoms with Crippen molar-refractivity contribution < 1.29 is 4.42 Å². The Balaban J connectivity index is 0.000000135. The van der Waals surface area contributed by atoms with E-state index in [2.05, 4.69) is 201 Å². The summed E-state index contributed by atoms with van der Waals surface area (Å²) in [4.78, 5) is 0. The maximum absolute atomic E-state index is 6.45. The second kappa shape index (κ2) is 13.2. The lowest BCUT2D eigenvalue weighted by Crippen LogP contribution is -2.15. The van der Waals surface area contributed by atoms with Gasteiger partial charge in [-0.3, -0.25) is 0 Å². The fourth-order valence-corrected chi connectivity index (χ4v) is 8.53. The van der Waals surface area contributed by atoms with Crippen LogP contribution in [0.3, 0.4) is 0 Å². The van der Waals surface area contributed by atoms with Crippen LogP contribution >= 0.6 is 0 Å². The first-order valence-corrected chi connectivity index (χ1v) is 19.0. The zero-order valence-corrected chi connectivity index (χ0v) is 30.9. The van der Waals surface area contributed by atoms with Crippen LogP contribution in [0.2, 0.25) is 0 Å². The van der Waals surface area contributed by atoms with E-state index in [1.165, 1.54) is 71.3 Å². The summed E-state index contributed by atoms with van der Waals surface area (Å²) in [6.45, 7) is 4.66. The van der Waals surface area contributed by atoms with E-state index in [0.29, 0.717) is 0 Å². The fraction of sp³-hybridized carbons (Fsp3) is 0.0566. The number of hydrogen-bond donors (Lipinski definition) is 1. The van der Waals surface area contributed by atoms with E-state index >= 15 is 0 Å². The highest BCUT2D eigenvalue weighted by molar-refractivity contribution is 6.28. The van der Waals surface area contributed by atoms with Gasteiger partial charge in [0.2, 0.25) is 0 Å². The predicted molar refractivity (Wildman–Crippen MR) is 233 cm³/mol. The lowest BCUT2D eigenvalue weighted by Gasteiger charge is -2.22. The number of furan rings is 1. The maximum Gasteiger partial charge on any atom is 0.143 e. The molecule has 0 atom stereocenters. The summed E-state index contributed by atoms with van der Waals surface area (Å²) in [5.41, 5.74) is 14.5. The van der Waals surface area contributed by atoms with Crippen molar-refractivity contribution in [1.82, 2.24) is 0 Å². The third-order valence-corrected chi connectivity index (χ3v) is 11.3. The Morgan fingerprint density at radius 1 is 0.400 bits per heavy atom. The van der Waals surface area contributed by atoms with Crippen LogP contribution in [0.4, 0.5) is 11.4 Å². The normalized spacial score (nSPS) is 12.7. The van der Waals surface area contributed by atoms with Crippen molar-refractivity contribution in [3.63, 3.8) is 0 Å². The zero-order chi connectivity index (χ0) is 36.9. The van der Waals surface area contributed by atoms with Crippen LogP contribution in [0.1, 0.15) is 25.0 Å². The summed E-state index contributed by atoms with van der Waals surface area (Å²) in [6, 6.07) is 68.8. The Hall–Kier alpha value is -6.90. The van der Waals surface area contributed by atoms with Gasteiger partial charge in [-0.15, -0.1) is 0 Å². The van der Waals surface area contributed by atoms with Gasteiger partial charge in [0.05, 0.1) is 0 Å². The van der Waals surface area contributed by atoms with Crippen LogP contribution in [0.5, 0.6) is 0 Å². The number of fused-ring (bicyclic) bond motifs is 10. The zero-order valence-electron chi connectivity index (χ0n) is 30.9. The summed E-state index contributed by atoms with van der Waals surface area (Å²) in [7, 11) is 0. The van der Waals surface area contributed by atoms with Gasteiger partial charge in [-0.2, -0.15) is 0 Å². The first-order valence-electron chi connectivity index (χ1n) is 19.0. The molecule has 11 rings (SSSR count). The lowest BCUT2D eigenvalue weighted by molar-refractivity contribution is 0.661. The Morgan fingerprint density at radius 2 is 0.982 bits per heavy atom. The van der Waals surface area contributed by atoms with Gasteiger partial charge in [0.25, 0.3) is 0 Å². The molecule has 262 valence electrons. The molecular weight excluding hydrogens is 667 g/mol. The highest BCUT2D eigenvalue weighted by atomic mass is 16.3. The Morgan fingerprint density at radius 3 is 1.71 bits per heavy atom. The molecule has 0 amide bonds. The van der Waals surface area contributed by atoms with Crippen molar-refractivity contribution in [2.45, 2.75) is 19.3 Å². The van der Waals surface area contributed by atoms with Gasteiger partial charge < -0.3 is 9.73 Å². The molecule has 10 aromatic rings. The topological polar surface area (TPSA) is 25.2 Å². The third-order valence-electron chi connectivity index (χ3n) is 11.3. The molecule has 0 radical (unpaired) electrons. The molecule has 1 heterocycles. The van der Waals surface area contributed by atoms with Gasteiger partial charge in [-0.05, 0) is 103 Å². The smallest absolute Gasteiger partial charge is 0.143 e. The average molecular weight is 706 g/mol. The van der Waals surface area contributed by atoms with Gasteiger partial charge >= 0.3 is 0 Å². The van der Waals surface area contributed by atoms with Gasteiger partial charge in [0.1, 0.15) is 11.2 Å². The lowest BCUT2D eigenvalue weighted by atomic mass is 9.81. The molecule has 1 aliphatic rings. The molecular formula is C53H39NO. The molecule has 2 nitrogen and oxygen atoms in total. The van der Waals surface area contributed by atoms with E-state index in [9.17, 15) is 0 Å². The Labute approximate surface area is 321 Å². The molecule has 0 fully saturated rings. The van der Waals surface area contributed by atoms with E-state index in [4.69, 9.17) is 4.42 Å². The van der Waals surface area contributed by atoms with E-state index in [1.807, 2.05) is 12.1 Å². The van der Waals surface area contributed by atoms with E-state index in [0.717, 1.165) is 28.1 Å². The minimum Gasteiger partial charge on any atom is -0.455 e. The highest BCUT2D eigenvalue weighted by Crippen LogP contribution is 2.50. The van der Waals surface area contributed by atoms with Gasteiger partial charge in [0, 0.05) is 33.1 Å². The Bertz CT molecular complexity index is 3010. The maximum atomic E-state index is 6.45. The van der Waals surface area contributed by atoms with Crippen LogP contribution in [0, 0.1) is 0 Å². The second-order valence-electron chi connectivity index (χ2n) is 15.0. The van der Waals surface area contributed by atoms with Crippen molar-refractivity contribution in [2.24, 2.45) is 0 Å². The van der Waals surface area contributed by atoms with E-state index in [1.54, 1.807) is 0 Å². The van der Waals surface area contributed by atoms with Crippen LogP contribution in [-0.4, -0.2) is 0 Å². The molecule has 0 unspecified atom stereocenters. The SMILES string of the molecule is CC1(C)c2cc(Nc3ccccc3)ccc2-c2ccc(-c3ccccc3)cc21.c1ccc(-c2cc3ccccc3c3c2oc2ccc4ccccc4c23)cc1. The number of anilines is 2. The third kappa shape index (κ3) is 5.66. The van der Waals surface area contributed by atoms with Crippen molar-refractivity contribution in [3.8, 4) is 33.4 Å². The summed E-state index contributed by atoms with van der Waals surface area (Å²) >= 11 is 0. The molecule has 0 saturated carbocycles. The molecule has 2 heteroatoms. The van der Waals surface area contributed by atoms with Crippen molar-refractivity contribution in [2.75, 3.05) is 5.32 Å². The standard InChI is InChI=1S/C27H23N.C26H16O/c1-27(2)25-17-20(19-9-5-3-6-10-19)13-15-23(25)24-16-14-22(18-26(24)27)28-21-11-7-4-8-12-21;1-2-8-17(9-3-1)22-16-19-11-5-7-13-21(19)25-24-20-12-6-4-10-18(20)14-15-23(24)27-26(22)25/h3-18,28H,1-2H3;1-16H.